The lowest BCUT2D eigenvalue weighted by Gasteiger charge is -2.01. The summed E-state index contributed by atoms with van der Waals surface area (Å²) in [5.41, 5.74) is 3.59. The molecule has 0 aliphatic rings. The molecule has 0 saturated heterocycles. The zero-order chi connectivity index (χ0) is 9.84. The highest BCUT2D eigenvalue weighted by Gasteiger charge is 1.99. The molecule has 0 N–H and O–H groups in total. The first-order valence-electron chi connectivity index (χ1n) is 4.13. The Kier molecular flexibility index (Phi) is 2.81. The number of rotatable bonds is 1. The summed E-state index contributed by atoms with van der Waals surface area (Å²) in [4.78, 5) is 7.25. The molecule has 0 saturated carbocycles. The Morgan fingerprint density at radius 3 is 2.38 bits per heavy atom. The van der Waals surface area contributed by atoms with Crippen LogP contribution in [0.15, 0.2) is 23.9 Å². The third kappa shape index (κ3) is 2.16. The van der Waals surface area contributed by atoms with E-state index in [1.807, 2.05) is 6.07 Å². The van der Waals surface area contributed by atoms with Gasteiger partial charge >= 0.3 is 0 Å². The summed E-state index contributed by atoms with van der Waals surface area (Å²) < 4.78 is 0. The van der Waals surface area contributed by atoms with Gasteiger partial charge in [-0.2, -0.15) is 0 Å². The van der Waals surface area contributed by atoms with E-state index in [2.05, 4.69) is 30.6 Å². The minimum atomic E-state index is 0.449. The molecule has 2 nitrogen and oxygen atoms in total. The lowest BCUT2D eigenvalue weighted by Crippen LogP contribution is -1.83. The van der Waals surface area contributed by atoms with Crippen LogP contribution >= 0.6 is 0 Å². The second kappa shape index (κ2) is 3.86. The number of hydrogen-bond donors (Lipinski definition) is 0. The van der Waals surface area contributed by atoms with Gasteiger partial charge in [0.2, 0.25) is 0 Å². The lowest BCUT2D eigenvalue weighted by atomic mass is 10.1. The van der Waals surface area contributed by atoms with E-state index in [4.69, 9.17) is 6.57 Å². The Balaban J connectivity index is 3.08. The smallest absolute Gasteiger partial charge is 0.269 e. The van der Waals surface area contributed by atoms with Crippen LogP contribution in [0.5, 0.6) is 0 Å². The van der Waals surface area contributed by atoms with Crippen LogP contribution in [0, 0.1) is 6.57 Å². The van der Waals surface area contributed by atoms with Gasteiger partial charge in [-0.05, 0) is 32.4 Å². The summed E-state index contributed by atoms with van der Waals surface area (Å²) in [7, 11) is 0. The topological polar surface area (TPSA) is 17.2 Å². The molecule has 0 radical (unpaired) electrons. The van der Waals surface area contributed by atoms with E-state index < -0.39 is 0 Å². The van der Waals surface area contributed by atoms with E-state index in [1.54, 1.807) is 12.3 Å². The molecule has 0 fully saturated rings. The van der Waals surface area contributed by atoms with Crippen molar-refractivity contribution < 1.29 is 0 Å². The second-order valence-corrected chi connectivity index (χ2v) is 3.14. The van der Waals surface area contributed by atoms with Gasteiger partial charge in [-0.3, -0.25) is 0 Å². The molecule has 1 aromatic rings. The van der Waals surface area contributed by atoms with Gasteiger partial charge in [-0.25, -0.2) is 0 Å². The van der Waals surface area contributed by atoms with Crippen LogP contribution in [0.2, 0.25) is 0 Å². The van der Waals surface area contributed by atoms with Gasteiger partial charge in [0.25, 0.3) is 5.82 Å². The summed E-state index contributed by atoms with van der Waals surface area (Å²) in [6.07, 6.45) is 1.75. The maximum atomic E-state index is 6.76. The molecule has 1 aromatic heterocycles. The number of aromatic nitrogens is 1. The molecule has 1 heterocycles. The number of hydrogen-bond acceptors (Lipinski definition) is 1. The first-order chi connectivity index (χ1) is 6.15. The predicted octanol–water partition coefficient (Wildman–Crippen LogP) is 3.45. The van der Waals surface area contributed by atoms with Crippen molar-refractivity contribution in [2.75, 3.05) is 0 Å². The van der Waals surface area contributed by atoms with Crippen LogP contribution < -0.4 is 0 Å². The summed E-state index contributed by atoms with van der Waals surface area (Å²) in [5, 5.41) is 0. The first-order valence-corrected chi connectivity index (χ1v) is 4.13. The minimum Gasteiger partial charge on any atom is -0.361 e. The molecule has 13 heavy (non-hydrogen) atoms. The molecule has 0 aliphatic carbocycles. The molecular weight excluding hydrogens is 160 g/mol. The number of pyridine rings is 1. The fourth-order valence-corrected chi connectivity index (χ4v) is 0.963. The average molecular weight is 172 g/mol. The number of nitrogens with zero attached hydrogens (tertiary/aromatic N) is 2. The molecular formula is C11H12N2. The van der Waals surface area contributed by atoms with E-state index in [0.29, 0.717) is 5.82 Å². The van der Waals surface area contributed by atoms with Gasteiger partial charge in [0.15, 0.2) is 0 Å². The Labute approximate surface area is 78.8 Å². The minimum absolute atomic E-state index is 0.449. The van der Waals surface area contributed by atoms with Crippen LogP contribution in [0.25, 0.3) is 10.4 Å². The van der Waals surface area contributed by atoms with Crippen molar-refractivity contribution >= 4 is 11.4 Å². The maximum Gasteiger partial charge on any atom is 0.269 e. The van der Waals surface area contributed by atoms with Crippen molar-refractivity contribution in [1.29, 1.82) is 0 Å². The van der Waals surface area contributed by atoms with Crippen molar-refractivity contribution in [2.24, 2.45) is 0 Å². The van der Waals surface area contributed by atoms with E-state index in [-0.39, 0.29) is 0 Å². The Hall–Kier alpha value is -1.62. The highest BCUT2D eigenvalue weighted by atomic mass is 14.8. The van der Waals surface area contributed by atoms with Crippen LogP contribution in [-0.2, 0) is 0 Å². The van der Waals surface area contributed by atoms with Crippen LogP contribution in [0.4, 0.5) is 5.82 Å². The summed E-state index contributed by atoms with van der Waals surface area (Å²) >= 11 is 0. The molecule has 0 bridgehead atoms. The number of allylic oxidation sites excluding steroid dienone is 2. The molecule has 0 atom stereocenters. The quantitative estimate of drug-likeness (QED) is 0.593. The fourth-order valence-electron chi connectivity index (χ4n) is 0.963. The molecule has 0 aliphatic heterocycles. The normalized spacial score (nSPS) is 9.08. The molecule has 0 unspecified atom stereocenters. The van der Waals surface area contributed by atoms with Crippen LogP contribution in [-0.4, -0.2) is 4.98 Å². The van der Waals surface area contributed by atoms with Gasteiger partial charge in [0.05, 0.1) is 0 Å². The van der Waals surface area contributed by atoms with Crippen molar-refractivity contribution in [3.8, 4) is 0 Å². The third-order valence-electron chi connectivity index (χ3n) is 2.05. The van der Waals surface area contributed by atoms with Gasteiger partial charge in [0.1, 0.15) is 6.20 Å². The van der Waals surface area contributed by atoms with Crippen LogP contribution in [0.1, 0.15) is 26.3 Å². The summed E-state index contributed by atoms with van der Waals surface area (Å²) in [6, 6.07) is 3.68. The zero-order valence-electron chi connectivity index (χ0n) is 8.13. The van der Waals surface area contributed by atoms with Crippen LogP contribution in [0.3, 0.4) is 0 Å². The Morgan fingerprint density at radius 2 is 2.00 bits per heavy atom. The SMILES string of the molecule is [C-]#[N+]c1ccc(C(C)=C(C)C)cn1. The first kappa shape index (κ1) is 9.47. The van der Waals surface area contributed by atoms with E-state index in [1.165, 1.54) is 11.1 Å². The van der Waals surface area contributed by atoms with E-state index >= 15 is 0 Å². The van der Waals surface area contributed by atoms with Crippen molar-refractivity contribution in [3.05, 3.63) is 40.9 Å². The third-order valence-corrected chi connectivity index (χ3v) is 2.05. The second-order valence-electron chi connectivity index (χ2n) is 3.14. The predicted molar refractivity (Wildman–Crippen MR) is 54.4 cm³/mol. The average Bonchev–Trinajstić information content (AvgIpc) is 2.17. The highest BCUT2D eigenvalue weighted by molar-refractivity contribution is 5.66. The van der Waals surface area contributed by atoms with E-state index in [9.17, 15) is 0 Å². The lowest BCUT2D eigenvalue weighted by molar-refractivity contribution is 1.30. The molecule has 2 heteroatoms. The van der Waals surface area contributed by atoms with Gasteiger partial charge < -0.3 is 4.85 Å². The molecule has 66 valence electrons. The van der Waals surface area contributed by atoms with Gasteiger partial charge in [0, 0.05) is 5.56 Å². The van der Waals surface area contributed by atoms with Gasteiger partial charge in [-0.15, -0.1) is 4.98 Å². The van der Waals surface area contributed by atoms with Crippen molar-refractivity contribution in [1.82, 2.24) is 4.98 Å². The fraction of sp³-hybridized carbons (Fsp3) is 0.273. The standard InChI is InChI=1S/C11H12N2/c1-8(2)9(3)10-5-6-11(12-4)13-7-10/h5-7H,1-3H3. The Morgan fingerprint density at radius 1 is 1.31 bits per heavy atom. The Bertz CT molecular complexity index is 362. The largest absolute Gasteiger partial charge is 0.361 e. The van der Waals surface area contributed by atoms with Gasteiger partial charge in [-0.1, -0.05) is 18.2 Å². The monoisotopic (exact) mass is 172 g/mol. The summed E-state index contributed by atoms with van der Waals surface area (Å²) in [5.74, 6) is 0.449. The van der Waals surface area contributed by atoms with Crippen molar-refractivity contribution in [2.45, 2.75) is 20.8 Å². The molecule has 0 spiro atoms. The maximum absolute atomic E-state index is 6.76. The molecule has 0 aromatic carbocycles. The molecule has 0 amide bonds. The van der Waals surface area contributed by atoms with Crippen molar-refractivity contribution in [3.63, 3.8) is 0 Å². The zero-order valence-corrected chi connectivity index (χ0v) is 8.13. The molecule has 1 rings (SSSR count). The van der Waals surface area contributed by atoms with E-state index in [0.717, 1.165) is 5.56 Å². The summed E-state index contributed by atoms with van der Waals surface area (Å²) in [6.45, 7) is 13.0. The highest BCUT2D eigenvalue weighted by Crippen LogP contribution is 2.18.